The van der Waals surface area contributed by atoms with Crippen LogP contribution in [0, 0.1) is 22.0 Å². The number of nitrogens with one attached hydrogen (secondary N) is 1. The Morgan fingerprint density at radius 1 is 1.71 bits per heavy atom. The van der Waals surface area contributed by atoms with Crippen LogP contribution in [-0.4, -0.2) is 27.5 Å². The molecular formula is C10H9N3O4. The Balaban J connectivity index is 3.09. The summed E-state index contributed by atoms with van der Waals surface area (Å²) in [7, 11) is 0. The van der Waals surface area contributed by atoms with Gasteiger partial charge in [-0.15, -0.1) is 5.92 Å². The van der Waals surface area contributed by atoms with Crippen LogP contribution in [0.15, 0.2) is 12.3 Å². The largest absolute Gasteiger partial charge is 0.476 e. The standard InChI is InChI=1S/C10H9N3O4/c1-2-3-4-11-8-5-7(13(16)17)6-12-9(8)10(14)15/h5-6,11H,4H2,1H3,(H,14,15). The number of carbonyl (C=O) groups is 1. The maximum Gasteiger partial charge on any atom is 0.356 e. The molecule has 0 aliphatic carbocycles. The highest BCUT2D eigenvalue weighted by molar-refractivity contribution is 5.92. The maximum atomic E-state index is 10.8. The van der Waals surface area contributed by atoms with Crippen LogP contribution in [-0.2, 0) is 0 Å². The summed E-state index contributed by atoms with van der Waals surface area (Å²) < 4.78 is 0. The second-order valence-corrected chi connectivity index (χ2v) is 2.93. The van der Waals surface area contributed by atoms with Gasteiger partial charge in [-0.1, -0.05) is 5.92 Å². The molecule has 0 aromatic carbocycles. The molecule has 88 valence electrons. The predicted molar refractivity (Wildman–Crippen MR) is 59.8 cm³/mol. The van der Waals surface area contributed by atoms with Crippen LogP contribution in [0.4, 0.5) is 11.4 Å². The monoisotopic (exact) mass is 235 g/mol. The molecule has 0 amide bonds. The third-order valence-electron chi connectivity index (χ3n) is 1.83. The first kappa shape index (κ1) is 12.4. The van der Waals surface area contributed by atoms with Crippen molar-refractivity contribution in [2.24, 2.45) is 0 Å². The van der Waals surface area contributed by atoms with Crippen molar-refractivity contribution in [1.29, 1.82) is 0 Å². The molecule has 1 rings (SSSR count). The molecule has 1 aromatic heterocycles. The summed E-state index contributed by atoms with van der Waals surface area (Å²) in [6.07, 6.45) is 0.903. The Labute approximate surface area is 96.6 Å². The van der Waals surface area contributed by atoms with Crippen LogP contribution in [0.3, 0.4) is 0 Å². The zero-order valence-electron chi connectivity index (χ0n) is 8.93. The van der Waals surface area contributed by atoms with E-state index in [0.717, 1.165) is 12.3 Å². The van der Waals surface area contributed by atoms with Gasteiger partial charge >= 0.3 is 5.97 Å². The third kappa shape index (κ3) is 3.17. The molecule has 7 nitrogen and oxygen atoms in total. The highest BCUT2D eigenvalue weighted by atomic mass is 16.6. The number of aromatic nitrogens is 1. The Morgan fingerprint density at radius 2 is 2.41 bits per heavy atom. The predicted octanol–water partition coefficient (Wildman–Crippen LogP) is 1.12. The fourth-order valence-electron chi connectivity index (χ4n) is 1.09. The van der Waals surface area contributed by atoms with E-state index in [9.17, 15) is 14.9 Å². The average molecular weight is 235 g/mol. The zero-order chi connectivity index (χ0) is 12.8. The molecule has 0 aliphatic heterocycles. The Morgan fingerprint density at radius 3 is 2.94 bits per heavy atom. The van der Waals surface area contributed by atoms with Crippen LogP contribution in [0.25, 0.3) is 0 Å². The van der Waals surface area contributed by atoms with Gasteiger partial charge in [-0.2, -0.15) is 0 Å². The quantitative estimate of drug-likeness (QED) is 0.460. The van der Waals surface area contributed by atoms with Crippen molar-refractivity contribution in [3.8, 4) is 11.8 Å². The molecule has 0 fully saturated rings. The van der Waals surface area contributed by atoms with E-state index in [2.05, 4.69) is 22.1 Å². The van der Waals surface area contributed by atoms with E-state index >= 15 is 0 Å². The smallest absolute Gasteiger partial charge is 0.356 e. The van der Waals surface area contributed by atoms with Gasteiger partial charge in [-0.3, -0.25) is 10.1 Å². The van der Waals surface area contributed by atoms with Gasteiger partial charge in [0.15, 0.2) is 5.69 Å². The number of hydrogen-bond donors (Lipinski definition) is 2. The summed E-state index contributed by atoms with van der Waals surface area (Å²) >= 11 is 0. The molecule has 7 heteroatoms. The normalized spacial score (nSPS) is 9.00. The number of rotatable bonds is 4. The highest BCUT2D eigenvalue weighted by Crippen LogP contribution is 2.19. The van der Waals surface area contributed by atoms with Crippen molar-refractivity contribution in [2.45, 2.75) is 6.92 Å². The van der Waals surface area contributed by atoms with Gasteiger partial charge in [0.25, 0.3) is 5.69 Å². The van der Waals surface area contributed by atoms with Crippen molar-refractivity contribution >= 4 is 17.3 Å². The van der Waals surface area contributed by atoms with Gasteiger partial charge in [-0.05, 0) is 6.92 Å². The number of carboxylic acids is 1. The number of pyridine rings is 1. The van der Waals surface area contributed by atoms with E-state index < -0.39 is 10.9 Å². The summed E-state index contributed by atoms with van der Waals surface area (Å²) in [5, 5.41) is 22.0. The van der Waals surface area contributed by atoms with Crippen molar-refractivity contribution < 1.29 is 14.8 Å². The van der Waals surface area contributed by atoms with Gasteiger partial charge in [-0.25, -0.2) is 9.78 Å². The summed E-state index contributed by atoms with van der Waals surface area (Å²) in [6, 6.07) is 1.12. The number of aromatic carboxylic acids is 1. The second kappa shape index (κ2) is 5.46. The molecule has 0 bridgehead atoms. The molecule has 0 aliphatic rings. The molecule has 2 N–H and O–H groups in total. The number of hydrogen-bond acceptors (Lipinski definition) is 5. The van der Waals surface area contributed by atoms with Crippen molar-refractivity contribution in [1.82, 2.24) is 4.98 Å². The van der Waals surface area contributed by atoms with Crippen LogP contribution in [0.5, 0.6) is 0 Å². The molecule has 1 heterocycles. The number of carboxylic acid groups (broad SMARTS) is 1. The Kier molecular flexibility index (Phi) is 4.00. The van der Waals surface area contributed by atoms with Crippen molar-refractivity contribution in [2.75, 3.05) is 11.9 Å². The number of nitro groups is 1. The molecule has 1 aromatic rings. The van der Waals surface area contributed by atoms with E-state index in [1.54, 1.807) is 6.92 Å². The summed E-state index contributed by atoms with van der Waals surface area (Å²) in [6.45, 7) is 1.82. The molecule has 0 saturated heterocycles. The summed E-state index contributed by atoms with van der Waals surface area (Å²) in [5.41, 5.74) is -0.468. The Hall–Kier alpha value is -2.62. The van der Waals surface area contributed by atoms with E-state index in [1.807, 2.05) is 0 Å². The molecule has 0 unspecified atom stereocenters. The van der Waals surface area contributed by atoms with Crippen molar-refractivity contribution in [3.05, 3.63) is 28.1 Å². The second-order valence-electron chi connectivity index (χ2n) is 2.93. The summed E-state index contributed by atoms with van der Waals surface area (Å²) in [5.74, 6) is 4.01. The highest BCUT2D eigenvalue weighted by Gasteiger charge is 2.16. The van der Waals surface area contributed by atoms with Crippen LogP contribution in [0.2, 0.25) is 0 Å². The molecule has 0 spiro atoms. The average Bonchev–Trinajstić information content (AvgIpc) is 2.28. The minimum Gasteiger partial charge on any atom is -0.476 e. The van der Waals surface area contributed by atoms with E-state index in [-0.39, 0.29) is 23.6 Å². The Bertz CT molecular complexity index is 516. The van der Waals surface area contributed by atoms with Gasteiger partial charge < -0.3 is 10.4 Å². The maximum absolute atomic E-state index is 10.8. The van der Waals surface area contributed by atoms with E-state index in [0.29, 0.717) is 0 Å². The first-order valence-electron chi connectivity index (χ1n) is 4.57. The summed E-state index contributed by atoms with van der Waals surface area (Å²) in [4.78, 5) is 24.2. The van der Waals surface area contributed by atoms with Crippen LogP contribution < -0.4 is 5.32 Å². The van der Waals surface area contributed by atoms with Crippen LogP contribution in [0.1, 0.15) is 17.4 Å². The molecular weight excluding hydrogens is 226 g/mol. The van der Waals surface area contributed by atoms with E-state index in [1.165, 1.54) is 0 Å². The van der Waals surface area contributed by atoms with E-state index in [4.69, 9.17) is 5.11 Å². The first-order chi connectivity index (χ1) is 8.06. The van der Waals surface area contributed by atoms with Crippen molar-refractivity contribution in [3.63, 3.8) is 0 Å². The fraction of sp³-hybridized carbons (Fsp3) is 0.200. The molecule has 17 heavy (non-hydrogen) atoms. The van der Waals surface area contributed by atoms with Crippen LogP contribution >= 0.6 is 0 Å². The molecule has 0 atom stereocenters. The lowest BCUT2D eigenvalue weighted by molar-refractivity contribution is -0.385. The molecule has 0 saturated carbocycles. The zero-order valence-corrected chi connectivity index (χ0v) is 8.93. The number of anilines is 1. The van der Waals surface area contributed by atoms with Gasteiger partial charge in [0.2, 0.25) is 0 Å². The van der Waals surface area contributed by atoms with Gasteiger partial charge in [0.05, 0.1) is 17.2 Å². The minimum atomic E-state index is -1.26. The third-order valence-corrected chi connectivity index (χ3v) is 1.83. The SMILES string of the molecule is CC#CCNc1cc([N+](=O)[O-])cnc1C(=O)O. The number of nitrogens with zero attached hydrogens (tertiary/aromatic N) is 2. The first-order valence-corrected chi connectivity index (χ1v) is 4.57. The lowest BCUT2D eigenvalue weighted by Gasteiger charge is -2.05. The topological polar surface area (TPSA) is 105 Å². The van der Waals surface area contributed by atoms with Gasteiger partial charge in [0.1, 0.15) is 6.20 Å². The fourth-order valence-corrected chi connectivity index (χ4v) is 1.09. The molecule has 0 radical (unpaired) electrons. The lowest BCUT2D eigenvalue weighted by atomic mass is 10.2. The minimum absolute atomic E-state index is 0.0782. The lowest BCUT2D eigenvalue weighted by Crippen LogP contribution is -2.09. The van der Waals surface area contributed by atoms with Gasteiger partial charge in [0, 0.05) is 6.07 Å².